The first kappa shape index (κ1) is 16.6. The summed E-state index contributed by atoms with van der Waals surface area (Å²) < 4.78 is 16.2. The number of hydrogen-bond donors (Lipinski definition) is 1. The molecule has 136 valence electrons. The van der Waals surface area contributed by atoms with Crippen LogP contribution in [-0.4, -0.2) is 21.1 Å². The lowest BCUT2D eigenvalue weighted by atomic mass is 9.49. The first-order chi connectivity index (χ1) is 12.5. The van der Waals surface area contributed by atoms with Crippen LogP contribution in [0.15, 0.2) is 23.3 Å². The van der Waals surface area contributed by atoms with Gasteiger partial charge in [-0.05, 0) is 80.6 Å². The van der Waals surface area contributed by atoms with Crippen LogP contribution in [0.4, 0.5) is 4.39 Å². The molecule has 1 heterocycles. The van der Waals surface area contributed by atoms with E-state index in [0.717, 1.165) is 42.8 Å². The van der Waals surface area contributed by atoms with Gasteiger partial charge < -0.3 is 0 Å². The Bertz CT molecular complexity index is 892. The molecule has 7 heteroatoms. The van der Waals surface area contributed by atoms with Crippen LogP contribution in [0, 0.1) is 28.3 Å². The smallest absolute Gasteiger partial charge is 0.216 e. The summed E-state index contributed by atoms with van der Waals surface area (Å²) in [5.74, 6) is 2.90. The topological polar surface area (TPSA) is 46.0 Å². The molecule has 4 nitrogen and oxygen atoms in total. The first-order valence-electron chi connectivity index (χ1n) is 9.20. The van der Waals surface area contributed by atoms with E-state index < -0.39 is 5.82 Å². The van der Waals surface area contributed by atoms with Crippen molar-refractivity contribution in [2.45, 2.75) is 43.9 Å². The van der Waals surface area contributed by atoms with E-state index in [4.69, 9.17) is 23.8 Å². The van der Waals surface area contributed by atoms with E-state index >= 15 is 0 Å². The third-order valence-electron chi connectivity index (χ3n) is 6.47. The van der Waals surface area contributed by atoms with Crippen LogP contribution in [0.5, 0.6) is 0 Å². The number of nitrogens with one attached hydrogen (secondary N) is 1. The molecule has 1 aromatic carbocycles. The summed E-state index contributed by atoms with van der Waals surface area (Å²) in [6, 6.07) is 4.61. The van der Waals surface area contributed by atoms with E-state index in [1.165, 1.54) is 31.5 Å². The van der Waals surface area contributed by atoms with Gasteiger partial charge in [-0.1, -0.05) is 17.7 Å². The van der Waals surface area contributed by atoms with E-state index in [9.17, 15) is 4.39 Å². The Morgan fingerprint density at radius 2 is 1.88 bits per heavy atom. The zero-order chi connectivity index (χ0) is 17.9. The van der Waals surface area contributed by atoms with E-state index in [1.807, 2.05) is 0 Å². The van der Waals surface area contributed by atoms with Crippen molar-refractivity contribution < 1.29 is 4.39 Å². The van der Waals surface area contributed by atoms with Crippen molar-refractivity contribution in [1.29, 1.82) is 0 Å². The van der Waals surface area contributed by atoms with Crippen LogP contribution >= 0.6 is 23.8 Å². The molecule has 4 aliphatic rings. The molecule has 4 aliphatic carbocycles. The largest absolute Gasteiger partial charge is 0.250 e. The van der Waals surface area contributed by atoms with E-state index in [-0.39, 0.29) is 11.0 Å². The predicted octanol–water partition coefficient (Wildman–Crippen LogP) is 5.08. The highest BCUT2D eigenvalue weighted by atomic mass is 35.5. The Labute approximate surface area is 161 Å². The molecular formula is C19H20ClFN4S. The van der Waals surface area contributed by atoms with Gasteiger partial charge in [0.1, 0.15) is 5.82 Å². The zero-order valence-corrected chi connectivity index (χ0v) is 15.9. The molecule has 0 spiro atoms. The van der Waals surface area contributed by atoms with Crippen molar-refractivity contribution in [3.05, 3.63) is 45.2 Å². The maximum atomic E-state index is 14.1. The second-order valence-corrected chi connectivity index (χ2v) is 9.04. The van der Waals surface area contributed by atoms with Crippen molar-refractivity contribution in [1.82, 2.24) is 14.9 Å². The van der Waals surface area contributed by atoms with Gasteiger partial charge in [-0.15, -0.1) is 0 Å². The Hall–Kier alpha value is -1.53. The van der Waals surface area contributed by atoms with Crippen LogP contribution in [0.3, 0.4) is 0 Å². The lowest BCUT2D eigenvalue weighted by Crippen LogP contribution is -2.49. The highest BCUT2D eigenvalue weighted by molar-refractivity contribution is 7.71. The molecule has 0 aliphatic heterocycles. The van der Waals surface area contributed by atoms with E-state index in [2.05, 4.69) is 15.3 Å². The number of nitrogens with zero attached hydrogens (tertiary/aromatic N) is 3. The minimum absolute atomic E-state index is 0.0542. The third kappa shape index (κ3) is 2.57. The number of aromatic amines is 1. The van der Waals surface area contributed by atoms with Crippen LogP contribution in [-0.2, 0) is 5.41 Å². The second-order valence-electron chi connectivity index (χ2n) is 8.24. The Morgan fingerprint density at radius 3 is 2.50 bits per heavy atom. The number of halogens is 2. The summed E-state index contributed by atoms with van der Waals surface area (Å²) in [6.07, 6.45) is 9.01. The van der Waals surface area contributed by atoms with Crippen LogP contribution in [0.25, 0.3) is 0 Å². The summed E-state index contributed by atoms with van der Waals surface area (Å²) in [7, 11) is 0. The van der Waals surface area contributed by atoms with Gasteiger partial charge in [-0.25, -0.2) is 4.39 Å². The number of aromatic nitrogens is 3. The van der Waals surface area contributed by atoms with Crippen LogP contribution in [0.1, 0.15) is 49.9 Å². The van der Waals surface area contributed by atoms with Gasteiger partial charge in [0, 0.05) is 11.0 Å². The third-order valence-corrected chi connectivity index (χ3v) is 7.06. The van der Waals surface area contributed by atoms with Gasteiger partial charge in [0.05, 0.1) is 11.2 Å². The fourth-order valence-corrected chi connectivity index (χ4v) is 6.27. The molecule has 1 aromatic heterocycles. The van der Waals surface area contributed by atoms with Gasteiger partial charge in [0.25, 0.3) is 0 Å². The van der Waals surface area contributed by atoms with Crippen LogP contribution in [0.2, 0.25) is 5.02 Å². The van der Waals surface area contributed by atoms with Crippen molar-refractivity contribution in [2.24, 2.45) is 22.9 Å². The quantitative estimate of drug-likeness (QED) is 0.586. The number of benzene rings is 1. The van der Waals surface area contributed by atoms with E-state index in [0.29, 0.717) is 9.79 Å². The molecule has 0 radical (unpaired) electrons. The average molecular weight is 391 g/mol. The van der Waals surface area contributed by atoms with Gasteiger partial charge in [0.15, 0.2) is 5.82 Å². The molecular weight excluding hydrogens is 371 g/mol. The minimum Gasteiger partial charge on any atom is -0.250 e. The molecule has 0 amide bonds. The van der Waals surface area contributed by atoms with Gasteiger partial charge in [-0.2, -0.15) is 14.9 Å². The standard InChI is InChI=1S/C19H20ClFN4S/c20-15-2-1-3-16(21)14(15)10-22-25-17(23-24-18(25)26)19-7-11-4-12(8-19)6-13(5-11)9-19/h1-3,10-13H,4-9H2,(H,24,26)/b22-10+. The Balaban J connectivity index is 1.55. The monoisotopic (exact) mass is 390 g/mol. The molecule has 4 bridgehead atoms. The molecule has 0 saturated heterocycles. The summed E-state index contributed by atoms with van der Waals surface area (Å²) in [5, 5.41) is 12.3. The predicted molar refractivity (Wildman–Crippen MR) is 102 cm³/mol. The molecule has 4 fully saturated rings. The zero-order valence-electron chi connectivity index (χ0n) is 14.3. The minimum atomic E-state index is -0.396. The van der Waals surface area contributed by atoms with Gasteiger partial charge >= 0.3 is 0 Å². The lowest BCUT2D eigenvalue weighted by Gasteiger charge is -2.55. The average Bonchev–Trinajstić information content (AvgIpc) is 2.95. The van der Waals surface area contributed by atoms with Crippen molar-refractivity contribution in [3.8, 4) is 0 Å². The Morgan fingerprint density at radius 1 is 1.23 bits per heavy atom. The maximum Gasteiger partial charge on any atom is 0.216 e. The summed E-state index contributed by atoms with van der Waals surface area (Å²) in [5.41, 5.74) is 0.326. The molecule has 6 rings (SSSR count). The molecule has 2 aromatic rings. The van der Waals surface area contributed by atoms with Gasteiger partial charge in [-0.3, -0.25) is 5.10 Å². The molecule has 0 atom stereocenters. The van der Waals surface area contributed by atoms with Crippen molar-refractivity contribution in [3.63, 3.8) is 0 Å². The summed E-state index contributed by atoms with van der Waals surface area (Å²) in [6.45, 7) is 0. The Kier molecular flexibility index (Phi) is 3.83. The normalized spacial score (nSPS) is 32.6. The highest BCUT2D eigenvalue weighted by Gasteiger charge is 2.53. The number of rotatable bonds is 3. The summed E-state index contributed by atoms with van der Waals surface area (Å²) in [4.78, 5) is 0. The molecule has 1 N–H and O–H groups in total. The van der Waals surface area contributed by atoms with Crippen molar-refractivity contribution >= 4 is 30.0 Å². The second kappa shape index (κ2) is 5.99. The van der Waals surface area contributed by atoms with E-state index in [1.54, 1.807) is 16.8 Å². The number of H-pyrrole nitrogens is 1. The SMILES string of the molecule is Fc1cccc(Cl)c1/C=N/n1c(C23CC4CC(CC(C4)C2)C3)n[nH]c1=S. The summed E-state index contributed by atoms with van der Waals surface area (Å²) >= 11 is 11.5. The maximum absolute atomic E-state index is 14.1. The van der Waals surface area contributed by atoms with Gasteiger partial charge in [0.2, 0.25) is 4.77 Å². The molecule has 26 heavy (non-hydrogen) atoms. The molecule has 0 unspecified atom stereocenters. The molecule has 4 saturated carbocycles. The van der Waals surface area contributed by atoms with Crippen LogP contribution < -0.4 is 0 Å². The first-order valence-corrected chi connectivity index (χ1v) is 9.99. The lowest BCUT2D eigenvalue weighted by molar-refractivity contribution is -0.0109. The fraction of sp³-hybridized carbons (Fsp3) is 0.526. The number of hydrogen-bond acceptors (Lipinski definition) is 3. The fourth-order valence-electron chi connectivity index (χ4n) is 5.88. The van der Waals surface area contributed by atoms with Crippen molar-refractivity contribution in [2.75, 3.05) is 0 Å². The highest BCUT2D eigenvalue weighted by Crippen LogP contribution is 2.60.